The number of amides is 3. The largest absolute Gasteiger partial charge is 0.356 e. The van der Waals surface area contributed by atoms with Crippen molar-refractivity contribution < 1.29 is 9.59 Å². The van der Waals surface area contributed by atoms with Gasteiger partial charge in [0.2, 0.25) is 5.91 Å². The fraction of sp³-hybridized carbons (Fsp3) is 0.333. The molecule has 0 saturated carbocycles. The molecule has 0 unspecified atom stereocenters. The number of primary amides is 1. The van der Waals surface area contributed by atoms with Gasteiger partial charge >= 0.3 is 6.03 Å². The Morgan fingerprint density at radius 2 is 1.73 bits per heavy atom. The number of likely N-dealkylation sites (N-methyl/N-ethyl adjacent to an activating group) is 1. The van der Waals surface area contributed by atoms with E-state index in [2.05, 4.69) is 22.9 Å². The Balaban J connectivity index is 0. The molecule has 11 heavy (non-hydrogen) atoms. The van der Waals surface area contributed by atoms with E-state index in [9.17, 15) is 9.59 Å². The Bertz CT molecular complexity index is 145. The summed E-state index contributed by atoms with van der Waals surface area (Å²) < 4.78 is 0. The van der Waals surface area contributed by atoms with Crippen molar-refractivity contribution in [3.8, 4) is 0 Å². The average Bonchev–Trinajstić information content (AvgIpc) is 2.04. The summed E-state index contributed by atoms with van der Waals surface area (Å²) in [5.41, 5.74) is 4.54. The lowest BCUT2D eigenvalue weighted by Gasteiger charge is -1.82. The fourth-order valence-electron chi connectivity index (χ4n) is 0.102. The Labute approximate surface area is 65.6 Å². The van der Waals surface area contributed by atoms with Crippen molar-refractivity contribution in [2.75, 3.05) is 14.1 Å². The van der Waals surface area contributed by atoms with Crippen molar-refractivity contribution in [1.82, 2.24) is 10.6 Å². The molecule has 64 valence electrons. The van der Waals surface area contributed by atoms with Gasteiger partial charge in [-0.05, 0) is 6.08 Å². The molecule has 0 aromatic carbocycles. The first-order valence-corrected chi connectivity index (χ1v) is 2.89. The van der Waals surface area contributed by atoms with Crippen molar-refractivity contribution in [3.05, 3.63) is 12.7 Å². The zero-order valence-corrected chi connectivity index (χ0v) is 6.68. The second-order valence-corrected chi connectivity index (χ2v) is 1.43. The van der Waals surface area contributed by atoms with Gasteiger partial charge in [0.1, 0.15) is 0 Å². The predicted octanol–water partition coefficient (Wildman–Crippen LogP) is -0.797. The molecule has 0 aliphatic heterocycles. The van der Waals surface area contributed by atoms with Crippen LogP contribution in [0.15, 0.2) is 12.7 Å². The maximum atomic E-state index is 9.95. The maximum Gasteiger partial charge on any atom is 0.311 e. The SMILES string of the molecule is C=CC(=O)NC.CNC(N)=O. The highest BCUT2D eigenvalue weighted by molar-refractivity contribution is 5.86. The van der Waals surface area contributed by atoms with E-state index in [1.54, 1.807) is 7.05 Å². The standard InChI is InChI=1S/C4H7NO.C2H6N2O/c1-3-4(6)5-2;1-4-2(3)5/h3H,1H2,2H3,(H,5,6);1H3,(H3,3,4,5). The van der Waals surface area contributed by atoms with E-state index in [-0.39, 0.29) is 5.91 Å². The average molecular weight is 159 g/mol. The van der Waals surface area contributed by atoms with Gasteiger partial charge in [0.15, 0.2) is 0 Å². The van der Waals surface area contributed by atoms with Crippen molar-refractivity contribution in [3.63, 3.8) is 0 Å². The molecule has 0 radical (unpaired) electrons. The lowest BCUT2D eigenvalue weighted by atomic mass is 10.6. The molecular formula is C6H13N3O2. The highest BCUT2D eigenvalue weighted by atomic mass is 16.2. The minimum atomic E-state index is -0.495. The second kappa shape index (κ2) is 8.48. The summed E-state index contributed by atoms with van der Waals surface area (Å²) in [4.78, 5) is 19.4. The van der Waals surface area contributed by atoms with Gasteiger partial charge in [-0.2, -0.15) is 0 Å². The van der Waals surface area contributed by atoms with E-state index in [1.165, 1.54) is 13.1 Å². The maximum absolute atomic E-state index is 9.95. The topological polar surface area (TPSA) is 84.2 Å². The third-order valence-corrected chi connectivity index (χ3v) is 0.678. The van der Waals surface area contributed by atoms with E-state index in [0.717, 1.165) is 0 Å². The minimum absolute atomic E-state index is 0.144. The number of nitrogens with two attached hydrogens (primary N) is 1. The smallest absolute Gasteiger partial charge is 0.311 e. The number of carbonyl (C=O) groups excluding carboxylic acids is 2. The van der Waals surface area contributed by atoms with Crippen LogP contribution in [-0.4, -0.2) is 26.0 Å². The number of hydrogen-bond acceptors (Lipinski definition) is 2. The Morgan fingerprint density at radius 1 is 1.36 bits per heavy atom. The Hall–Kier alpha value is -1.52. The van der Waals surface area contributed by atoms with Crippen LogP contribution in [-0.2, 0) is 4.79 Å². The molecule has 0 spiro atoms. The zero-order valence-electron chi connectivity index (χ0n) is 6.68. The monoisotopic (exact) mass is 159 g/mol. The van der Waals surface area contributed by atoms with Crippen LogP contribution in [0.25, 0.3) is 0 Å². The third kappa shape index (κ3) is 17.7. The quantitative estimate of drug-likeness (QED) is 0.438. The van der Waals surface area contributed by atoms with Crippen molar-refractivity contribution >= 4 is 11.9 Å². The van der Waals surface area contributed by atoms with E-state index in [0.29, 0.717) is 0 Å². The van der Waals surface area contributed by atoms with Crippen LogP contribution in [0.2, 0.25) is 0 Å². The van der Waals surface area contributed by atoms with Crippen molar-refractivity contribution in [2.24, 2.45) is 5.73 Å². The van der Waals surface area contributed by atoms with Crippen LogP contribution in [0, 0.1) is 0 Å². The molecular weight excluding hydrogens is 146 g/mol. The van der Waals surface area contributed by atoms with Gasteiger partial charge in [-0.15, -0.1) is 0 Å². The first-order valence-electron chi connectivity index (χ1n) is 2.89. The molecule has 0 aromatic heterocycles. The number of urea groups is 1. The first-order chi connectivity index (χ1) is 5.08. The van der Waals surface area contributed by atoms with Crippen molar-refractivity contribution in [2.45, 2.75) is 0 Å². The first kappa shape index (κ1) is 12.2. The van der Waals surface area contributed by atoms with Gasteiger partial charge in [-0.1, -0.05) is 6.58 Å². The van der Waals surface area contributed by atoms with Gasteiger partial charge in [-0.3, -0.25) is 4.79 Å². The molecule has 0 saturated heterocycles. The van der Waals surface area contributed by atoms with Crippen LogP contribution in [0.4, 0.5) is 4.79 Å². The fourth-order valence-corrected chi connectivity index (χ4v) is 0.102. The third-order valence-electron chi connectivity index (χ3n) is 0.678. The second-order valence-electron chi connectivity index (χ2n) is 1.43. The molecule has 0 heterocycles. The highest BCUT2D eigenvalue weighted by Crippen LogP contribution is 1.56. The van der Waals surface area contributed by atoms with E-state index in [1.807, 2.05) is 0 Å². The lowest BCUT2D eigenvalue weighted by Crippen LogP contribution is -2.24. The molecule has 0 aliphatic rings. The van der Waals surface area contributed by atoms with E-state index in [4.69, 9.17) is 0 Å². The van der Waals surface area contributed by atoms with Crippen LogP contribution >= 0.6 is 0 Å². The Kier molecular flexibility index (Phi) is 9.39. The van der Waals surface area contributed by atoms with Crippen LogP contribution in [0.3, 0.4) is 0 Å². The number of nitrogens with one attached hydrogen (secondary N) is 2. The predicted molar refractivity (Wildman–Crippen MR) is 42.9 cm³/mol. The summed E-state index contributed by atoms with van der Waals surface area (Å²) in [6.45, 7) is 3.22. The summed E-state index contributed by atoms with van der Waals surface area (Å²) in [5, 5.41) is 4.52. The number of rotatable bonds is 1. The van der Waals surface area contributed by atoms with Gasteiger partial charge in [0.05, 0.1) is 0 Å². The van der Waals surface area contributed by atoms with Crippen molar-refractivity contribution in [1.29, 1.82) is 0 Å². The normalized spacial score (nSPS) is 6.73. The lowest BCUT2D eigenvalue weighted by molar-refractivity contribution is -0.116. The summed E-state index contributed by atoms with van der Waals surface area (Å²) in [7, 11) is 3.03. The summed E-state index contributed by atoms with van der Waals surface area (Å²) in [6, 6.07) is -0.495. The molecule has 0 atom stereocenters. The molecule has 0 bridgehead atoms. The van der Waals surface area contributed by atoms with E-state index >= 15 is 0 Å². The molecule has 0 fully saturated rings. The summed E-state index contributed by atoms with van der Waals surface area (Å²) in [5.74, 6) is -0.144. The summed E-state index contributed by atoms with van der Waals surface area (Å²) >= 11 is 0. The molecule has 0 rings (SSSR count). The molecule has 5 nitrogen and oxygen atoms in total. The zero-order chi connectivity index (χ0) is 9.28. The van der Waals surface area contributed by atoms with Crippen LogP contribution in [0.1, 0.15) is 0 Å². The van der Waals surface area contributed by atoms with Gasteiger partial charge in [-0.25, -0.2) is 4.79 Å². The molecule has 0 aliphatic carbocycles. The van der Waals surface area contributed by atoms with Gasteiger partial charge < -0.3 is 16.4 Å². The number of carbonyl (C=O) groups is 2. The van der Waals surface area contributed by atoms with Gasteiger partial charge in [0.25, 0.3) is 0 Å². The molecule has 3 amide bonds. The van der Waals surface area contributed by atoms with Crippen LogP contribution < -0.4 is 16.4 Å². The minimum Gasteiger partial charge on any atom is -0.356 e. The van der Waals surface area contributed by atoms with Crippen LogP contribution in [0.5, 0.6) is 0 Å². The van der Waals surface area contributed by atoms with E-state index < -0.39 is 6.03 Å². The molecule has 0 aromatic rings. The molecule has 5 heteroatoms. The highest BCUT2D eigenvalue weighted by Gasteiger charge is 1.78. The number of hydrogen-bond donors (Lipinski definition) is 3. The van der Waals surface area contributed by atoms with Gasteiger partial charge in [0, 0.05) is 14.1 Å². The molecule has 4 N–H and O–H groups in total. The summed E-state index contributed by atoms with van der Waals surface area (Å²) in [6.07, 6.45) is 1.22. The Morgan fingerprint density at radius 3 is 1.73 bits per heavy atom.